The van der Waals surface area contributed by atoms with Crippen molar-refractivity contribution in [3.05, 3.63) is 59.9 Å². The van der Waals surface area contributed by atoms with Crippen molar-refractivity contribution < 1.29 is 32.6 Å². The number of likely N-dealkylation sites (tertiary alicyclic amines) is 1. The lowest BCUT2D eigenvalue weighted by atomic mass is 9.85. The average Bonchev–Trinajstić information content (AvgIpc) is 3.43. The van der Waals surface area contributed by atoms with Gasteiger partial charge in [0.25, 0.3) is 11.8 Å². The Balaban J connectivity index is 1.84. The molecular weight excluding hydrogens is 594 g/mol. The second-order valence-corrected chi connectivity index (χ2v) is 14.6. The Labute approximate surface area is 271 Å². The molecule has 2 heterocycles. The van der Waals surface area contributed by atoms with E-state index in [0.717, 1.165) is 5.56 Å². The molecular formula is C35H48F2N4O5. The number of alkyl halides is 2. The third-order valence-electron chi connectivity index (χ3n) is 8.89. The number of carbonyl (C=O) groups excluding carboxylic acids is 3. The normalized spacial score (nSPS) is 21.7. The van der Waals surface area contributed by atoms with Gasteiger partial charge in [0.2, 0.25) is 5.92 Å². The van der Waals surface area contributed by atoms with Gasteiger partial charge in [-0.2, -0.15) is 0 Å². The number of nitrogens with zero attached hydrogens (tertiary/aromatic N) is 3. The van der Waals surface area contributed by atoms with Crippen molar-refractivity contribution in [3.8, 4) is 0 Å². The SMILES string of the molecule is CO[C@@H]1C[C@H](C(=O)N(c2ccc(C(C)(C)C)cc2)C(C)(C(=O)NC2CCC(F)(F)CC2)c2cccnc2)N(C(=O)OC(C)(C)C)C1. The minimum Gasteiger partial charge on any atom is -0.444 e. The lowest BCUT2D eigenvalue weighted by Gasteiger charge is -2.43. The Morgan fingerprint density at radius 3 is 2.13 bits per heavy atom. The van der Waals surface area contributed by atoms with E-state index in [2.05, 4.69) is 31.1 Å². The van der Waals surface area contributed by atoms with E-state index in [1.807, 2.05) is 12.1 Å². The van der Waals surface area contributed by atoms with Gasteiger partial charge in [-0.05, 0) is 69.7 Å². The van der Waals surface area contributed by atoms with Crippen LogP contribution in [0.25, 0.3) is 0 Å². The smallest absolute Gasteiger partial charge is 0.411 e. The molecule has 0 bridgehead atoms. The Bertz CT molecular complexity index is 1380. The highest BCUT2D eigenvalue weighted by atomic mass is 19.3. The molecule has 9 nitrogen and oxygen atoms in total. The highest BCUT2D eigenvalue weighted by Crippen LogP contribution is 2.39. The molecule has 1 unspecified atom stereocenters. The first kappa shape index (κ1) is 35.3. The summed E-state index contributed by atoms with van der Waals surface area (Å²) in [5.41, 5.74) is -0.786. The summed E-state index contributed by atoms with van der Waals surface area (Å²) in [4.78, 5) is 50.0. The van der Waals surface area contributed by atoms with Crippen LogP contribution >= 0.6 is 0 Å². The zero-order chi connectivity index (χ0) is 34.1. The molecule has 4 rings (SSSR count). The molecule has 2 fully saturated rings. The van der Waals surface area contributed by atoms with Gasteiger partial charge in [0.05, 0.1) is 12.6 Å². The second kappa shape index (κ2) is 13.3. The number of anilines is 1. The van der Waals surface area contributed by atoms with Crippen molar-refractivity contribution in [1.82, 2.24) is 15.2 Å². The van der Waals surface area contributed by atoms with Gasteiger partial charge in [-0.3, -0.25) is 24.4 Å². The van der Waals surface area contributed by atoms with E-state index >= 15 is 0 Å². The molecule has 1 saturated carbocycles. The van der Waals surface area contributed by atoms with E-state index in [4.69, 9.17) is 9.47 Å². The third kappa shape index (κ3) is 7.85. The van der Waals surface area contributed by atoms with Gasteiger partial charge in [-0.1, -0.05) is 39.0 Å². The number of amides is 3. The van der Waals surface area contributed by atoms with Crippen LogP contribution in [-0.4, -0.2) is 71.2 Å². The highest BCUT2D eigenvalue weighted by molar-refractivity contribution is 6.07. The minimum absolute atomic E-state index is 0.112. The van der Waals surface area contributed by atoms with E-state index in [1.165, 1.54) is 23.1 Å². The molecule has 0 radical (unpaired) electrons. The molecule has 11 heteroatoms. The summed E-state index contributed by atoms with van der Waals surface area (Å²) in [6, 6.07) is 9.30. The Hall–Kier alpha value is -3.60. The van der Waals surface area contributed by atoms with Crippen molar-refractivity contribution in [2.75, 3.05) is 18.6 Å². The van der Waals surface area contributed by atoms with Crippen LogP contribution in [0.5, 0.6) is 0 Å². The number of methoxy groups -OCH3 is 1. The first-order valence-electron chi connectivity index (χ1n) is 15.9. The van der Waals surface area contributed by atoms with Gasteiger partial charge in [0, 0.05) is 56.1 Å². The predicted octanol–water partition coefficient (Wildman–Crippen LogP) is 6.35. The fraction of sp³-hybridized carbons (Fsp3) is 0.600. The standard InChI is InChI=1S/C35H48F2N4O5/c1-32(2,3)23-11-13-26(14-12-23)41(29(42)28-20-27(45-8)22-40(28)31(44)46-33(4,5)6)34(7,24-10-9-19-38-21-24)30(43)39-25-15-17-35(36,37)18-16-25/h9-14,19,21,25,27-28H,15-18,20,22H2,1-8H3,(H,39,43)/t27-,28-,34?/m1/s1. The summed E-state index contributed by atoms with van der Waals surface area (Å²) in [6.45, 7) is 13.2. The first-order valence-corrected chi connectivity index (χ1v) is 15.9. The molecule has 2 aromatic rings. The summed E-state index contributed by atoms with van der Waals surface area (Å²) in [6.07, 6.45) is 1.75. The number of halogens is 2. The van der Waals surface area contributed by atoms with Gasteiger partial charge in [-0.15, -0.1) is 0 Å². The van der Waals surface area contributed by atoms with E-state index in [9.17, 15) is 23.2 Å². The summed E-state index contributed by atoms with van der Waals surface area (Å²) in [7, 11) is 1.52. The molecule has 1 aromatic heterocycles. The van der Waals surface area contributed by atoms with Crippen molar-refractivity contribution >= 4 is 23.6 Å². The zero-order valence-corrected chi connectivity index (χ0v) is 28.2. The van der Waals surface area contributed by atoms with Gasteiger partial charge in [0.1, 0.15) is 11.6 Å². The van der Waals surface area contributed by atoms with E-state index in [0.29, 0.717) is 11.3 Å². The van der Waals surface area contributed by atoms with Gasteiger partial charge < -0.3 is 14.8 Å². The molecule has 3 amide bonds. The number of hydrogen-bond donors (Lipinski definition) is 1. The quantitative estimate of drug-likeness (QED) is 0.378. The number of nitrogens with one attached hydrogen (secondary N) is 1. The number of carbonyl (C=O) groups is 3. The van der Waals surface area contributed by atoms with Gasteiger partial charge >= 0.3 is 6.09 Å². The number of ether oxygens (including phenoxy) is 2. The summed E-state index contributed by atoms with van der Waals surface area (Å²) in [5.74, 6) is -3.81. The van der Waals surface area contributed by atoms with Crippen LogP contribution in [0.15, 0.2) is 48.8 Å². The summed E-state index contributed by atoms with van der Waals surface area (Å²) < 4.78 is 39.3. The lowest BCUT2D eigenvalue weighted by Crippen LogP contribution is -2.62. The average molecular weight is 643 g/mol. The summed E-state index contributed by atoms with van der Waals surface area (Å²) >= 11 is 0. The fourth-order valence-electron chi connectivity index (χ4n) is 6.11. The van der Waals surface area contributed by atoms with E-state index < -0.39 is 53.2 Å². The third-order valence-corrected chi connectivity index (χ3v) is 8.89. The van der Waals surface area contributed by atoms with Crippen LogP contribution in [0.2, 0.25) is 0 Å². The number of hydrogen-bond acceptors (Lipinski definition) is 6. The van der Waals surface area contributed by atoms with E-state index in [1.54, 1.807) is 58.2 Å². The van der Waals surface area contributed by atoms with Crippen LogP contribution in [0, 0.1) is 0 Å². The molecule has 1 aromatic carbocycles. The Kier molecular flexibility index (Phi) is 10.2. The second-order valence-electron chi connectivity index (χ2n) is 14.6. The molecule has 0 spiro atoms. The number of rotatable bonds is 7. The van der Waals surface area contributed by atoms with Crippen molar-refractivity contribution in [2.24, 2.45) is 0 Å². The maximum atomic E-state index is 15.0. The molecule has 252 valence electrons. The van der Waals surface area contributed by atoms with Crippen LogP contribution < -0.4 is 10.2 Å². The fourth-order valence-corrected chi connectivity index (χ4v) is 6.11. The lowest BCUT2D eigenvalue weighted by molar-refractivity contribution is -0.133. The summed E-state index contributed by atoms with van der Waals surface area (Å²) in [5, 5.41) is 2.99. The van der Waals surface area contributed by atoms with Gasteiger partial charge in [0.15, 0.2) is 5.54 Å². The van der Waals surface area contributed by atoms with Crippen LogP contribution in [0.1, 0.15) is 91.7 Å². The molecule has 3 atom stereocenters. The minimum atomic E-state index is -2.77. The number of benzene rings is 1. The maximum absolute atomic E-state index is 15.0. The predicted molar refractivity (Wildman–Crippen MR) is 172 cm³/mol. The molecule has 1 N–H and O–H groups in total. The molecule has 1 aliphatic heterocycles. The Morgan fingerprint density at radius 1 is 0.978 bits per heavy atom. The van der Waals surface area contributed by atoms with Gasteiger partial charge in [-0.25, -0.2) is 13.6 Å². The van der Waals surface area contributed by atoms with Crippen molar-refractivity contribution in [3.63, 3.8) is 0 Å². The van der Waals surface area contributed by atoms with Crippen LogP contribution in [0.4, 0.5) is 19.3 Å². The number of pyridine rings is 1. The molecule has 1 aliphatic carbocycles. The monoisotopic (exact) mass is 642 g/mol. The Morgan fingerprint density at radius 2 is 1.61 bits per heavy atom. The number of aromatic nitrogens is 1. The topological polar surface area (TPSA) is 101 Å². The van der Waals surface area contributed by atoms with Crippen molar-refractivity contribution in [2.45, 2.75) is 121 Å². The highest BCUT2D eigenvalue weighted by Gasteiger charge is 2.51. The van der Waals surface area contributed by atoms with Crippen molar-refractivity contribution in [1.29, 1.82) is 0 Å². The van der Waals surface area contributed by atoms with E-state index in [-0.39, 0.29) is 44.1 Å². The molecule has 46 heavy (non-hydrogen) atoms. The first-order chi connectivity index (χ1) is 21.4. The molecule has 1 saturated heterocycles. The largest absolute Gasteiger partial charge is 0.444 e. The zero-order valence-electron chi connectivity index (χ0n) is 28.2. The maximum Gasteiger partial charge on any atom is 0.411 e. The van der Waals surface area contributed by atoms with Crippen LogP contribution in [-0.2, 0) is 30.0 Å². The molecule has 2 aliphatic rings. The van der Waals surface area contributed by atoms with Crippen LogP contribution in [0.3, 0.4) is 0 Å².